The van der Waals surface area contributed by atoms with Crippen LogP contribution in [-0.4, -0.2) is 20.7 Å². The fourth-order valence-corrected chi connectivity index (χ4v) is 2.72. The van der Waals surface area contributed by atoms with Gasteiger partial charge in [-0.1, -0.05) is 33.8 Å². The van der Waals surface area contributed by atoms with E-state index in [-0.39, 0.29) is 17.9 Å². The summed E-state index contributed by atoms with van der Waals surface area (Å²) >= 11 is 0. The van der Waals surface area contributed by atoms with Crippen molar-refractivity contribution in [3.8, 4) is 0 Å². The Bertz CT molecular complexity index is 661. The first-order valence-electron chi connectivity index (χ1n) is 8.67. The fraction of sp³-hybridized carbons (Fsp3) is 0.526. The second kappa shape index (κ2) is 8.08. The number of aryl methyl sites for hydroxylation is 1. The minimum absolute atomic E-state index is 0.0901. The van der Waals surface area contributed by atoms with Crippen molar-refractivity contribution >= 4 is 5.91 Å². The number of carbonyl (C=O) groups excluding carboxylic acids is 1. The summed E-state index contributed by atoms with van der Waals surface area (Å²) in [6, 6.07) is 5.57. The molecule has 24 heavy (non-hydrogen) atoms. The molecule has 5 nitrogen and oxygen atoms in total. The normalized spacial score (nSPS) is 12.6. The van der Waals surface area contributed by atoms with Crippen molar-refractivity contribution in [2.75, 3.05) is 0 Å². The molecule has 0 radical (unpaired) electrons. The second-order valence-electron chi connectivity index (χ2n) is 6.95. The highest BCUT2D eigenvalue weighted by molar-refractivity contribution is 5.95. The van der Waals surface area contributed by atoms with Gasteiger partial charge in [-0.25, -0.2) is 0 Å². The van der Waals surface area contributed by atoms with Gasteiger partial charge in [-0.2, -0.15) is 5.10 Å². The molecule has 1 amide bonds. The van der Waals surface area contributed by atoms with Crippen LogP contribution in [0, 0.1) is 5.92 Å². The minimum atomic E-state index is -0.141. The maximum Gasteiger partial charge on any atom is 0.255 e. The van der Waals surface area contributed by atoms with Gasteiger partial charge < -0.3 is 5.32 Å². The summed E-state index contributed by atoms with van der Waals surface area (Å²) in [7, 11) is 0. The molecule has 0 fully saturated rings. The molecule has 0 aliphatic carbocycles. The van der Waals surface area contributed by atoms with Crippen LogP contribution in [-0.2, 0) is 6.54 Å². The number of aromatic nitrogens is 3. The Labute approximate surface area is 144 Å². The minimum Gasteiger partial charge on any atom is -0.344 e. The number of pyridine rings is 1. The Morgan fingerprint density at radius 2 is 1.96 bits per heavy atom. The van der Waals surface area contributed by atoms with E-state index in [4.69, 9.17) is 0 Å². The van der Waals surface area contributed by atoms with Crippen LogP contribution < -0.4 is 5.32 Å². The first-order valence-corrected chi connectivity index (χ1v) is 8.67. The van der Waals surface area contributed by atoms with Crippen molar-refractivity contribution in [3.63, 3.8) is 0 Å². The Balaban J connectivity index is 2.16. The molecule has 0 bridgehead atoms. The first kappa shape index (κ1) is 18.2. The molecule has 5 heteroatoms. The molecule has 1 N–H and O–H groups in total. The third-order valence-electron chi connectivity index (χ3n) is 4.07. The summed E-state index contributed by atoms with van der Waals surface area (Å²) in [5, 5.41) is 7.48. The molecular weight excluding hydrogens is 300 g/mol. The van der Waals surface area contributed by atoms with Crippen molar-refractivity contribution in [1.29, 1.82) is 0 Å². The van der Waals surface area contributed by atoms with Crippen molar-refractivity contribution in [2.24, 2.45) is 5.92 Å². The van der Waals surface area contributed by atoms with Gasteiger partial charge in [-0.15, -0.1) is 0 Å². The third-order valence-corrected chi connectivity index (χ3v) is 4.07. The molecule has 0 aliphatic rings. The number of hydrogen-bond donors (Lipinski definition) is 1. The molecule has 0 spiro atoms. The largest absolute Gasteiger partial charge is 0.344 e. The SMILES string of the molecule is CC(C)CCn1ncc(C(=O)N[C@H](C)c2ccccn2)c1C(C)C. The third kappa shape index (κ3) is 4.43. The monoisotopic (exact) mass is 328 g/mol. The molecular formula is C19H28N4O. The van der Waals surface area contributed by atoms with Gasteiger partial charge in [0.25, 0.3) is 5.91 Å². The van der Waals surface area contributed by atoms with E-state index in [0.717, 1.165) is 24.4 Å². The van der Waals surface area contributed by atoms with E-state index in [2.05, 4.69) is 43.1 Å². The highest BCUT2D eigenvalue weighted by atomic mass is 16.1. The van der Waals surface area contributed by atoms with Gasteiger partial charge >= 0.3 is 0 Å². The predicted octanol–water partition coefficient (Wildman–Crippen LogP) is 3.94. The van der Waals surface area contributed by atoms with Crippen LogP contribution in [0.15, 0.2) is 30.6 Å². The van der Waals surface area contributed by atoms with Crippen LogP contribution in [0.4, 0.5) is 0 Å². The summed E-state index contributed by atoms with van der Waals surface area (Å²) in [4.78, 5) is 17.0. The Kier molecular flexibility index (Phi) is 6.12. The average Bonchev–Trinajstić information content (AvgIpc) is 2.98. The zero-order valence-electron chi connectivity index (χ0n) is 15.3. The van der Waals surface area contributed by atoms with Crippen LogP contribution in [0.1, 0.15) is 74.7 Å². The van der Waals surface area contributed by atoms with Gasteiger partial charge in [-0.05, 0) is 37.3 Å². The lowest BCUT2D eigenvalue weighted by Crippen LogP contribution is -2.28. The van der Waals surface area contributed by atoms with E-state index in [0.29, 0.717) is 11.5 Å². The van der Waals surface area contributed by atoms with Gasteiger partial charge in [-0.3, -0.25) is 14.5 Å². The number of carbonyl (C=O) groups is 1. The lowest BCUT2D eigenvalue weighted by molar-refractivity contribution is 0.0937. The summed E-state index contributed by atoms with van der Waals surface area (Å²) in [5.74, 6) is 0.758. The average molecular weight is 328 g/mol. The van der Waals surface area contributed by atoms with Crippen molar-refractivity contribution in [1.82, 2.24) is 20.1 Å². The molecule has 130 valence electrons. The van der Waals surface area contributed by atoms with Crippen LogP contribution in [0.25, 0.3) is 0 Å². The van der Waals surface area contributed by atoms with Gasteiger partial charge in [0.05, 0.1) is 29.2 Å². The molecule has 2 aromatic heterocycles. The predicted molar refractivity (Wildman–Crippen MR) is 95.9 cm³/mol. The van der Waals surface area contributed by atoms with Crippen molar-refractivity contribution < 1.29 is 4.79 Å². The van der Waals surface area contributed by atoms with Gasteiger partial charge in [0, 0.05) is 12.7 Å². The number of nitrogens with one attached hydrogen (secondary N) is 1. The zero-order chi connectivity index (χ0) is 17.7. The smallest absolute Gasteiger partial charge is 0.255 e. The standard InChI is InChI=1S/C19H28N4O/c1-13(2)9-11-23-18(14(3)4)16(12-21-23)19(24)22-15(5)17-8-6-7-10-20-17/h6-8,10,12-15H,9,11H2,1-5H3,(H,22,24)/t15-/m1/s1. The van der Waals surface area contributed by atoms with Gasteiger partial charge in [0.1, 0.15) is 0 Å². The maximum absolute atomic E-state index is 12.7. The van der Waals surface area contributed by atoms with Gasteiger partial charge in [0.2, 0.25) is 0 Å². The Morgan fingerprint density at radius 1 is 1.21 bits per heavy atom. The maximum atomic E-state index is 12.7. The van der Waals surface area contributed by atoms with Crippen LogP contribution in [0.5, 0.6) is 0 Å². The number of amides is 1. The summed E-state index contributed by atoms with van der Waals surface area (Å²) in [5.41, 5.74) is 2.52. The van der Waals surface area contributed by atoms with E-state index in [1.165, 1.54) is 0 Å². The second-order valence-corrected chi connectivity index (χ2v) is 6.95. The summed E-state index contributed by atoms with van der Waals surface area (Å²) in [6.45, 7) is 11.4. The molecule has 2 aromatic rings. The van der Waals surface area contributed by atoms with Crippen LogP contribution in [0.2, 0.25) is 0 Å². The van der Waals surface area contributed by atoms with E-state index >= 15 is 0 Å². The van der Waals surface area contributed by atoms with Crippen molar-refractivity contribution in [2.45, 2.75) is 59.5 Å². The number of nitrogens with zero attached hydrogens (tertiary/aromatic N) is 3. The van der Waals surface area contributed by atoms with E-state index < -0.39 is 0 Å². The summed E-state index contributed by atoms with van der Waals surface area (Å²) < 4.78 is 1.98. The highest BCUT2D eigenvalue weighted by Crippen LogP contribution is 2.21. The van der Waals surface area contributed by atoms with Crippen LogP contribution in [0.3, 0.4) is 0 Å². The Morgan fingerprint density at radius 3 is 2.54 bits per heavy atom. The topological polar surface area (TPSA) is 59.8 Å². The van der Waals surface area contributed by atoms with Gasteiger partial charge in [0.15, 0.2) is 0 Å². The molecule has 0 saturated heterocycles. The van der Waals surface area contributed by atoms with Crippen molar-refractivity contribution in [3.05, 3.63) is 47.5 Å². The number of rotatable bonds is 7. The van der Waals surface area contributed by atoms with E-state index in [1.54, 1.807) is 12.4 Å². The molecule has 2 heterocycles. The summed E-state index contributed by atoms with van der Waals surface area (Å²) in [6.07, 6.45) is 4.48. The first-order chi connectivity index (χ1) is 11.4. The quantitative estimate of drug-likeness (QED) is 0.837. The zero-order valence-corrected chi connectivity index (χ0v) is 15.3. The lowest BCUT2D eigenvalue weighted by Gasteiger charge is -2.16. The molecule has 2 rings (SSSR count). The lowest BCUT2D eigenvalue weighted by atomic mass is 10.0. The van der Waals surface area contributed by atoms with Crippen LogP contribution >= 0.6 is 0 Å². The molecule has 0 saturated carbocycles. The molecule has 0 unspecified atom stereocenters. The molecule has 1 atom stereocenters. The highest BCUT2D eigenvalue weighted by Gasteiger charge is 2.21. The number of hydrogen-bond acceptors (Lipinski definition) is 3. The molecule has 0 aliphatic heterocycles. The van der Waals surface area contributed by atoms with E-state index in [1.807, 2.05) is 29.8 Å². The Hall–Kier alpha value is -2.17. The van der Waals surface area contributed by atoms with E-state index in [9.17, 15) is 4.79 Å². The fourth-order valence-electron chi connectivity index (χ4n) is 2.72. The molecule has 0 aromatic carbocycles.